The summed E-state index contributed by atoms with van der Waals surface area (Å²) in [6.07, 6.45) is 3.85. The number of guanidine groups is 1. The summed E-state index contributed by atoms with van der Waals surface area (Å²) in [5, 5.41) is 6.67. The molecule has 0 fully saturated rings. The molecule has 0 aliphatic carbocycles. The lowest BCUT2D eigenvalue weighted by molar-refractivity contribution is 0.145. The Morgan fingerprint density at radius 1 is 1.03 bits per heavy atom. The number of hydrogen-bond acceptors (Lipinski definition) is 5. The number of unbranched alkanes of at least 4 members (excludes halogenated alkanes) is 1. The topological polar surface area (TPSA) is 77.0 Å². The fraction of sp³-hybridized carbons (Fsp3) is 0.478. The molecule has 172 valence electrons. The van der Waals surface area contributed by atoms with Crippen LogP contribution < -0.4 is 20.1 Å². The van der Waals surface area contributed by atoms with Gasteiger partial charge in [-0.15, -0.1) is 24.0 Å². The van der Waals surface area contributed by atoms with E-state index in [0.29, 0.717) is 44.7 Å². The molecule has 0 saturated carbocycles. The van der Waals surface area contributed by atoms with Crippen LogP contribution in [0.15, 0.2) is 41.5 Å². The molecule has 2 rings (SSSR count). The molecular formula is C23H35IN4O3. The van der Waals surface area contributed by atoms with Crippen LogP contribution in [0.2, 0.25) is 0 Å². The third kappa shape index (κ3) is 9.73. The predicted molar refractivity (Wildman–Crippen MR) is 136 cm³/mol. The van der Waals surface area contributed by atoms with E-state index >= 15 is 0 Å². The average Bonchev–Trinajstić information content (AvgIpc) is 2.76. The number of hydrogen-bond donors (Lipinski definition) is 2. The smallest absolute Gasteiger partial charge is 0.218 e. The molecule has 0 spiro atoms. The molecule has 2 aromatic rings. The molecule has 0 bridgehead atoms. The molecule has 0 radical (unpaired) electrons. The quantitative estimate of drug-likeness (QED) is 0.182. The summed E-state index contributed by atoms with van der Waals surface area (Å²) in [6.45, 7) is 7.10. The predicted octanol–water partition coefficient (Wildman–Crippen LogP) is 4.08. The number of benzene rings is 1. The first-order valence-corrected chi connectivity index (χ1v) is 10.4. The van der Waals surface area contributed by atoms with Crippen molar-refractivity contribution in [2.24, 2.45) is 4.99 Å². The SMILES string of the molecule is CCCCOc1ncccc1CNC(=NC)NCc1ccc(C)cc1OCCOC.I. The summed E-state index contributed by atoms with van der Waals surface area (Å²) in [5.41, 5.74) is 3.21. The average molecular weight is 542 g/mol. The summed E-state index contributed by atoms with van der Waals surface area (Å²) in [6, 6.07) is 10.1. The van der Waals surface area contributed by atoms with Crippen LogP contribution in [0.1, 0.15) is 36.5 Å². The maximum Gasteiger partial charge on any atom is 0.218 e. The van der Waals surface area contributed by atoms with E-state index in [9.17, 15) is 0 Å². The monoisotopic (exact) mass is 542 g/mol. The number of pyridine rings is 1. The van der Waals surface area contributed by atoms with Crippen molar-refractivity contribution >= 4 is 29.9 Å². The van der Waals surface area contributed by atoms with Gasteiger partial charge in [0.15, 0.2) is 5.96 Å². The number of nitrogens with one attached hydrogen (secondary N) is 2. The van der Waals surface area contributed by atoms with E-state index in [1.54, 1.807) is 20.4 Å². The van der Waals surface area contributed by atoms with Crippen molar-refractivity contribution in [2.75, 3.05) is 34.0 Å². The van der Waals surface area contributed by atoms with Gasteiger partial charge in [0, 0.05) is 44.6 Å². The van der Waals surface area contributed by atoms with Gasteiger partial charge in [0.2, 0.25) is 5.88 Å². The molecule has 1 aromatic carbocycles. The molecule has 0 amide bonds. The molecule has 1 aromatic heterocycles. The van der Waals surface area contributed by atoms with Crippen LogP contribution in [0.4, 0.5) is 0 Å². The van der Waals surface area contributed by atoms with E-state index in [1.807, 2.05) is 18.2 Å². The van der Waals surface area contributed by atoms with Crippen LogP contribution in [0.5, 0.6) is 11.6 Å². The molecule has 2 N–H and O–H groups in total. The molecule has 0 aliphatic heterocycles. The number of methoxy groups -OCH3 is 1. The van der Waals surface area contributed by atoms with Gasteiger partial charge in [-0.2, -0.15) is 0 Å². The Bertz CT molecular complexity index is 802. The third-order valence-electron chi connectivity index (χ3n) is 4.47. The highest BCUT2D eigenvalue weighted by atomic mass is 127. The van der Waals surface area contributed by atoms with Gasteiger partial charge in [-0.1, -0.05) is 31.5 Å². The minimum absolute atomic E-state index is 0. The third-order valence-corrected chi connectivity index (χ3v) is 4.47. The van der Waals surface area contributed by atoms with Crippen molar-refractivity contribution < 1.29 is 14.2 Å². The van der Waals surface area contributed by atoms with Gasteiger partial charge in [0.25, 0.3) is 0 Å². The zero-order chi connectivity index (χ0) is 21.6. The van der Waals surface area contributed by atoms with Gasteiger partial charge < -0.3 is 24.8 Å². The highest BCUT2D eigenvalue weighted by molar-refractivity contribution is 14.0. The zero-order valence-electron chi connectivity index (χ0n) is 18.9. The Labute approximate surface area is 203 Å². The molecule has 0 unspecified atom stereocenters. The van der Waals surface area contributed by atoms with Gasteiger partial charge in [0.1, 0.15) is 12.4 Å². The lowest BCUT2D eigenvalue weighted by Gasteiger charge is -2.16. The first kappa shape index (κ1) is 27.0. The van der Waals surface area contributed by atoms with E-state index in [1.165, 1.54) is 0 Å². The Hall–Kier alpha value is -2.07. The van der Waals surface area contributed by atoms with Crippen LogP contribution in [0.3, 0.4) is 0 Å². The van der Waals surface area contributed by atoms with Crippen LogP contribution in [-0.4, -0.2) is 44.9 Å². The minimum Gasteiger partial charge on any atom is -0.491 e. The molecule has 8 heteroatoms. The summed E-state index contributed by atoms with van der Waals surface area (Å²) in [7, 11) is 3.42. The lowest BCUT2D eigenvalue weighted by Crippen LogP contribution is -2.36. The molecule has 7 nitrogen and oxygen atoms in total. The number of aliphatic imine (C=N–C) groups is 1. The molecule has 1 heterocycles. The molecule has 0 aliphatic rings. The van der Waals surface area contributed by atoms with E-state index < -0.39 is 0 Å². The maximum absolute atomic E-state index is 5.87. The molecule has 0 atom stereocenters. The van der Waals surface area contributed by atoms with Crippen molar-refractivity contribution in [3.63, 3.8) is 0 Å². The van der Waals surface area contributed by atoms with Crippen LogP contribution in [0, 0.1) is 6.92 Å². The highest BCUT2D eigenvalue weighted by Crippen LogP contribution is 2.20. The lowest BCUT2D eigenvalue weighted by atomic mass is 10.1. The van der Waals surface area contributed by atoms with Crippen LogP contribution >= 0.6 is 24.0 Å². The number of ether oxygens (including phenoxy) is 3. The number of aryl methyl sites for hydroxylation is 1. The second-order valence-electron chi connectivity index (χ2n) is 6.90. The van der Waals surface area contributed by atoms with Crippen molar-refractivity contribution in [3.8, 4) is 11.6 Å². The number of nitrogens with zero attached hydrogens (tertiary/aromatic N) is 2. The van der Waals surface area contributed by atoms with E-state index in [2.05, 4.69) is 46.6 Å². The maximum atomic E-state index is 5.87. The summed E-state index contributed by atoms with van der Waals surface area (Å²) >= 11 is 0. The van der Waals surface area contributed by atoms with Crippen molar-refractivity contribution in [1.82, 2.24) is 15.6 Å². The second kappa shape index (κ2) is 15.7. The van der Waals surface area contributed by atoms with Crippen molar-refractivity contribution in [1.29, 1.82) is 0 Å². The summed E-state index contributed by atoms with van der Waals surface area (Å²) < 4.78 is 16.8. The minimum atomic E-state index is 0. The van der Waals surface area contributed by atoms with E-state index in [-0.39, 0.29) is 24.0 Å². The van der Waals surface area contributed by atoms with Gasteiger partial charge in [-0.25, -0.2) is 4.98 Å². The second-order valence-corrected chi connectivity index (χ2v) is 6.90. The number of aromatic nitrogens is 1. The Morgan fingerprint density at radius 2 is 1.81 bits per heavy atom. The Morgan fingerprint density at radius 3 is 2.52 bits per heavy atom. The Kier molecular flexibility index (Phi) is 13.6. The standard InChI is InChI=1S/C23H34N4O3.HI/c1-5-6-12-30-22-20(8-7-11-25-22)17-27-23(24-3)26-16-19-10-9-18(2)15-21(19)29-14-13-28-4;/h7-11,15H,5-6,12-14,16-17H2,1-4H3,(H2,24,26,27);1H. The highest BCUT2D eigenvalue weighted by Gasteiger charge is 2.08. The van der Waals surface area contributed by atoms with Gasteiger partial charge in [-0.3, -0.25) is 4.99 Å². The van der Waals surface area contributed by atoms with Crippen LogP contribution in [-0.2, 0) is 17.8 Å². The van der Waals surface area contributed by atoms with Crippen molar-refractivity contribution in [2.45, 2.75) is 39.8 Å². The number of halogens is 1. The van der Waals surface area contributed by atoms with Gasteiger partial charge >= 0.3 is 0 Å². The van der Waals surface area contributed by atoms with E-state index in [4.69, 9.17) is 14.2 Å². The molecule has 0 saturated heterocycles. The number of rotatable bonds is 12. The first-order chi connectivity index (χ1) is 14.7. The van der Waals surface area contributed by atoms with Crippen LogP contribution in [0.25, 0.3) is 0 Å². The van der Waals surface area contributed by atoms with Gasteiger partial charge in [0.05, 0.1) is 13.2 Å². The fourth-order valence-electron chi connectivity index (χ4n) is 2.76. The zero-order valence-corrected chi connectivity index (χ0v) is 21.3. The summed E-state index contributed by atoms with van der Waals surface area (Å²) in [5.74, 6) is 2.22. The largest absolute Gasteiger partial charge is 0.491 e. The Balaban J connectivity index is 0.00000480. The normalized spacial score (nSPS) is 10.9. The fourth-order valence-corrected chi connectivity index (χ4v) is 2.76. The molecule has 31 heavy (non-hydrogen) atoms. The molecular weight excluding hydrogens is 507 g/mol. The first-order valence-electron chi connectivity index (χ1n) is 10.4. The summed E-state index contributed by atoms with van der Waals surface area (Å²) in [4.78, 5) is 8.67. The van der Waals surface area contributed by atoms with Gasteiger partial charge in [-0.05, 0) is 31.0 Å². The van der Waals surface area contributed by atoms with E-state index in [0.717, 1.165) is 35.3 Å². The van der Waals surface area contributed by atoms with Crippen molar-refractivity contribution in [3.05, 3.63) is 53.2 Å².